The zero-order valence-corrected chi connectivity index (χ0v) is 6.47. The van der Waals surface area contributed by atoms with Gasteiger partial charge in [0.1, 0.15) is 13.1 Å². The van der Waals surface area contributed by atoms with Gasteiger partial charge in [-0.3, -0.25) is 0 Å². The van der Waals surface area contributed by atoms with Crippen LogP contribution in [0.1, 0.15) is 25.7 Å². The van der Waals surface area contributed by atoms with Gasteiger partial charge in [0.25, 0.3) is 0 Å². The largest absolute Gasteiger partial charge is 0.595 e. The standard InChI is InChI=1S/C6H14N2O3/c9-7-5-3-1-2-4-6-8(10)11-7/h7-8H,1-6H2. The first-order chi connectivity index (χ1) is 5.29. The Bertz CT molecular complexity index is 100. The van der Waals surface area contributed by atoms with Crippen LogP contribution in [-0.4, -0.2) is 13.1 Å². The molecule has 0 bridgehead atoms. The van der Waals surface area contributed by atoms with Crippen LogP contribution in [0, 0.1) is 10.4 Å². The van der Waals surface area contributed by atoms with Crippen LogP contribution in [-0.2, 0) is 4.94 Å². The van der Waals surface area contributed by atoms with Crippen molar-refractivity contribution in [3.63, 3.8) is 0 Å². The third-order valence-corrected chi connectivity index (χ3v) is 1.74. The second kappa shape index (κ2) is 4.63. The van der Waals surface area contributed by atoms with Crippen molar-refractivity contribution >= 4 is 0 Å². The summed E-state index contributed by atoms with van der Waals surface area (Å²) in [5, 5.41) is 20.8. The number of hydrogen-bond acceptors (Lipinski definition) is 3. The average Bonchev–Trinajstić information content (AvgIpc) is 2.02. The lowest BCUT2D eigenvalue weighted by Gasteiger charge is -2.23. The third kappa shape index (κ3) is 3.64. The summed E-state index contributed by atoms with van der Waals surface area (Å²) in [7, 11) is 0. The summed E-state index contributed by atoms with van der Waals surface area (Å²) < 4.78 is 0. The molecule has 1 rings (SSSR count). The Balaban J connectivity index is 2.27. The Labute approximate surface area is 65.6 Å². The smallest absolute Gasteiger partial charge is 0.112 e. The summed E-state index contributed by atoms with van der Waals surface area (Å²) in [6, 6.07) is 0. The fourth-order valence-electron chi connectivity index (χ4n) is 1.12. The Morgan fingerprint density at radius 3 is 1.73 bits per heavy atom. The van der Waals surface area contributed by atoms with Crippen molar-refractivity contribution in [2.45, 2.75) is 25.7 Å². The Kier molecular flexibility index (Phi) is 3.74. The molecule has 1 heterocycles. The Morgan fingerprint density at radius 2 is 1.27 bits per heavy atom. The van der Waals surface area contributed by atoms with Gasteiger partial charge in [-0.1, -0.05) is 0 Å². The first-order valence-electron chi connectivity index (χ1n) is 4.02. The van der Waals surface area contributed by atoms with Crippen molar-refractivity contribution in [1.29, 1.82) is 0 Å². The molecule has 1 aliphatic rings. The second-order valence-electron chi connectivity index (χ2n) is 2.76. The molecule has 0 aromatic carbocycles. The van der Waals surface area contributed by atoms with Gasteiger partial charge >= 0.3 is 0 Å². The number of hydrogen-bond donors (Lipinski definition) is 2. The van der Waals surface area contributed by atoms with E-state index < -0.39 is 0 Å². The lowest BCUT2D eigenvalue weighted by molar-refractivity contribution is -1.31. The van der Waals surface area contributed by atoms with Crippen LogP contribution >= 0.6 is 0 Å². The quantitative estimate of drug-likeness (QED) is 0.412. The van der Waals surface area contributed by atoms with Crippen LogP contribution in [0.4, 0.5) is 0 Å². The molecule has 5 nitrogen and oxygen atoms in total. The molecule has 2 unspecified atom stereocenters. The molecule has 1 saturated heterocycles. The number of quaternary nitrogens is 2. The van der Waals surface area contributed by atoms with E-state index in [0.29, 0.717) is 13.1 Å². The van der Waals surface area contributed by atoms with Crippen LogP contribution in [0.5, 0.6) is 0 Å². The normalized spacial score (nSPS) is 35.5. The summed E-state index contributed by atoms with van der Waals surface area (Å²) in [6.07, 6.45) is 3.77. The average molecular weight is 162 g/mol. The van der Waals surface area contributed by atoms with Crippen LogP contribution < -0.4 is 10.5 Å². The van der Waals surface area contributed by atoms with Crippen molar-refractivity contribution in [2.75, 3.05) is 13.1 Å². The first kappa shape index (κ1) is 8.89. The maximum absolute atomic E-state index is 10.8. The van der Waals surface area contributed by atoms with Crippen molar-refractivity contribution in [2.24, 2.45) is 0 Å². The minimum atomic E-state index is -0.364. The minimum absolute atomic E-state index is 0.364. The molecule has 0 saturated carbocycles. The maximum Gasteiger partial charge on any atom is 0.112 e. The van der Waals surface area contributed by atoms with Crippen molar-refractivity contribution in [1.82, 2.24) is 0 Å². The summed E-state index contributed by atoms with van der Waals surface area (Å²) >= 11 is 0. The molecule has 0 aliphatic carbocycles. The Hall–Kier alpha value is -0.200. The maximum atomic E-state index is 10.8. The van der Waals surface area contributed by atoms with E-state index in [0.717, 1.165) is 25.7 Å². The molecule has 2 atom stereocenters. The van der Waals surface area contributed by atoms with Gasteiger partial charge in [0.15, 0.2) is 0 Å². The highest BCUT2D eigenvalue weighted by Gasteiger charge is 2.08. The van der Waals surface area contributed by atoms with Gasteiger partial charge < -0.3 is 10.4 Å². The SMILES string of the molecule is [O-][NH+]1CCCCCC[NH+]([O-])O1. The van der Waals surface area contributed by atoms with Gasteiger partial charge in [0, 0.05) is 0 Å². The highest BCUT2D eigenvalue weighted by molar-refractivity contribution is 4.40. The monoisotopic (exact) mass is 162 g/mol. The van der Waals surface area contributed by atoms with E-state index in [9.17, 15) is 10.4 Å². The topological polar surface area (TPSA) is 64.2 Å². The van der Waals surface area contributed by atoms with Crippen LogP contribution in [0.25, 0.3) is 0 Å². The number of hydroxylamine groups is 4. The third-order valence-electron chi connectivity index (χ3n) is 1.74. The summed E-state index contributed by atoms with van der Waals surface area (Å²) in [4.78, 5) is 4.49. The van der Waals surface area contributed by atoms with Gasteiger partial charge in [0.2, 0.25) is 0 Å². The van der Waals surface area contributed by atoms with Crippen LogP contribution in [0.15, 0.2) is 0 Å². The van der Waals surface area contributed by atoms with Crippen molar-refractivity contribution in [3.8, 4) is 0 Å². The zero-order valence-electron chi connectivity index (χ0n) is 6.47. The molecule has 0 radical (unpaired) electrons. The van der Waals surface area contributed by atoms with E-state index >= 15 is 0 Å². The molecule has 1 aliphatic heterocycles. The van der Waals surface area contributed by atoms with E-state index in [-0.39, 0.29) is 10.5 Å². The van der Waals surface area contributed by atoms with Crippen molar-refractivity contribution in [3.05, 3.63) is 10.4 Å². The highest BCUT2D eigenvalue weighted by atomic mass is 17.1. The second-order valence-corrected chi connectivity index (χ2v) is 2.76. The van der Waals surface area contributed by atoms with E-state index in [2.05, 4.69) is 4.94 Å². The molecule has 0 aromatic rings. The minimum Gasteiger partial charge on any atom is -0.595 e. The predicted octanol–water partition coefficient (Wildman–Crippen LogP) is -1.83. The molecule has 0 spiro atoms. The van der Waals surface area contributed by atoms with Gasteiger partial charge in [0.05, 0.1) is 0 Å². The lowest BCUT2D eigenvalue weighted by atomic mass is 10.2. The number of nitrogens with one attached hydrogen (secondary N) is 2. The van der Waals surface area contributed by atoms with Crippen molar-refractivity contribution < 1.29 is 15.4 Å². The highest BCUT2D eigenvalue weighted by Crippen LogP contribution is 1.96. The van der Waals surface area contributed by atoms with Crippen LogP contribution in [0.3, 0.4) is 0 Å². The van der Waals surface area contributed by atoms with E-state index in [1.165, 1.54) is 0 Å². The summed E-state index contributed by atoms with van der Waals surface area (Å²) in [5.41, 5.74) is 0. The molecule has 1 fully saturated rings. The summed E-state index contributed by atoms with van der Waals surface area (Å²) in [6.45, 7) is 0.789. The van der Waals surface area contributed by atoms with Crippen LogP contribution in [0.2, 0.25) is 0 Å². The molecule has 11 heavy (non-hydrogen) atoms. The fourth-order valence-corrected chi connectivity index (χ4v) is 1.12. The van der Waals surface area contributed by atoms with Gasteiger partial charge in [-0.05, 0) is 30.6 Å². The fraction of sp³-hybridized carbons (Fsp3) is 1.00. The molecule has 66 valence electrons. The van der Waals surface area contributed by atoms with E-state index in [1.807, 2.05) is 0 Å². The van der Waals surface area contributed by atoms with Gasteiger partial charge in [-0.15, -0.1) is 0 Å². The molecule has 5 heteroatoms. The van der Waals surface area contributed by atoms with E-state index in [1.54, 1.807) is 0 Å². The van der Waals surface area contributed by atoms with Gasteiger partial charge in [-0.25, -0.2) is 0 Å². The zero-order chi connectivity index (χ0) is 8.10. The molecule has 2 N–H and O–H groups in total. The number of rotatable bonds is 0. The first-order valence-corrected chi connectivity index (χ1v) is 4.02. The predicted molar refractivity (Wildman–Crippen MR) is 37.9 cm³/mol. The molecule has 0 aromatic heterocycles. The summed E-state index contributed by atoms with van der Waals surface area (Å²) in [5.74, 6) is 0. The van der Waals surface area contributed by atoms with Gasteiger partial charge in [-0.2, -0.15) is 10.5 Å². The molecule has 0 amide bonds. The lowest BCUT2D eigenvalue weighted by Crippen LogP contribution is -3.25. The Morgan fingerprint density at radius 1 is 0.818 bits per heavy atom. The van der Waals surface area contributed by atoms with E-state index in [4.69, 9.17) is 0 Å². The molecular weight excluding hydrogens is 148 g/mol. The molecular formula is C6H14N2O3.